The molecule has 116 valence electrons. The van der Waals surface area contributed by atoms with Crippen molar-refractivity contribution in [2.75, 3.05) is 0 Å². The minimum Gasteiger partial charge on any atom is -0.379 e. The van der Waals surface area contributed by atoms with Crippen LogP contribution in [0.5, 0.6) is 5.75 Å². The van der Waals surface area contributed by atoms with E-state index in [-0.39, 0.29) is 0 Å². The number of hydrogen-bond donors (Lipinski definition) is 0. The Hall–Kier alpha value is -2.16. The number of benzene rings is 3. The first kappa shape index (κ1) is 15.7. The van der Waals surface area contributed by atoms with Crippen molar-refractivity contribution in [3.05, 3.63) is 91.0 Å². The smallest absolute Gasteiger partial charge is 0.333 e. The Morgan fingerprint density at radius 3 is 1.43 bits per heavy atom. The normalized spacial score (nSPS) is 11.3. The largest absolute Gasteiger partial charge is 0.379 e. The van der Waals surface area contributed by atoms with Crippen LogP contribution < -0.4 is 14.8 Å². The SMILES string of the molecule is O=S(=O)(Oc1ccccc1)P(c1ccccc1)c1ccccc1. The highest BCUT2D eigenvalue weighted by molar-refractivity contribution is 8.52. The molecule has 0 N–H and O–H groups in total. The minimum absolute atomic E-state index is 0.326. The summed E-state index contributed by atoms with van der Waals surface area (Å²) in [5.74, 6) is 0.326. The monoisotopic (exact) mass is 342 g/mol. The van der Waals surface area contributed by atoms with Gasteiger partial charge < -0.3 is 4.18 Å². The van der Waals surface area contributed by atoms with Gasteiger partial charge in [-0.05, 0) is 22.7 Å². The topological polar surface area (TPSA) is 43.4 Å². The summed E-state index contributed by atoms with van der Waals surface area (Å²) < 4.78 is 31.2. The van der Waals surface area contributed by atoms with E-state index in [1.165, 1.54) is 0 Å². The molecular formula is C18H15O3PS. The Bertz CT molecular complexity index is 811. The molecule has 3 aromatic carbocycles. The summed E-state index contributed by atoms with van der Waals surface area (Å²) >= 11 is 0. The van der Waals surface area contributed by atoms with Crippen molar-refractivity contribution >= 4 is 27.5 Å². The average Bonchev–Trinajstić information content (AvgIpc) is 2.57. The van der Waals surface area contributed by atoms with Crippen LogP contribution in [-0.2, 0) is 9.74 Å². The van der Waals surface area contributed by atoms with Crippen molar-refractivity contribution < 1.29 is 12.6 Å². The summed E-state index contributed by atoms with van der Waals surface area (Å²) in [6.07, 6.45) is 0. The Balaban J connectivity index is 2.05. The van der Waals surface area contributed by atoms with E-state index in [2.05, 4.69) is 0 Å². The predicted molar refractivity (Wildman–Crippen MR) is 95.1 cm³/mol. The third-order valence-corrected chi connectivity index (χ3v) is 8.36. The first-order valence-corrected chi connectivity index (χ1v) is 10.4. The summed E-state index contributed by atoms with van der Waals surface area (Å²) in [7, 11) is -5.48. The van der Waals surface area contributed by atoms with E-state index in [4.69, 9.17) is 4.18 Å². The predicted octanol–water partition coefficient (Wildman–Crippen LogP) is 3.44. The van der Waals surface area contributed by atoms with Crippen molar-refractivity contribution in [3.63, 3.8) is 0 Å². The van der Waals surface area contributed by atoms with Gasteiger partial charge in [-0.15, -0.1) is 0 Å². The second-order valence-electron chi connectivity index (χ2n) is 4.79. The lowest BCUT2D eigenvalue weighted by molar-refractivity contribution is 0.504. The molecule has 0 aliphatic rings. The number of para-hydroxylation sites is 1. The van der Waals surface area contributed by atoms with Crippen LogP contribution in [0.25, 0.3) is 0 Å². The summed E-state index contributed by atoms with van der Waals surface area (Å²) in [6.45, 7) is 0. The van der Waals surface area contributed by atoms with Crippen LogP contribution in [0.15, 0.2) is 91.0 Å². The molecule has 3 nitrogen and oxygen atoms in total. The van der Waals surface area contributed by atoms with Crippen LogP contribution in [-0.4, -0.2) is 8.42 Å². The van der Waals surface area contributed by atoms with E-state index < -0.39 is 16.9 Å². The Labute approximate surface area is 137 Å². The van der Waals surface area contributed by atoms with Crippen molar-refractivity contribution in [2.24, 2.45) is 0 Å². The molecule has 0 heterocycles. The zero-order valence-corrected chi connectivity index (χ0v) is 14.0. The van der Waals surface area contributed by atoms with Gasteiger partial charge in [-0.2, -0.15) is 8.42 Å². The van der Waals surface area contributed by atoms with Gasteiger partial charge in [0.05, 0.1) is 0 Å². The van der Waals surface area contributed by atoms with Gasteiger partial charge >= 0.3 is 9.74 Å². The lowest BCUT2D eigenvalue weighted by Gasteiger charge is -2.18. The molecule has 0 amide bonds. The molecule has 0 aliphatic heterocycles. The lowest BCUT2D eigenvalue weighted by Crippen LogP contribution is -2.21. The fourth-order valence-electron chi connectivity index (χ4n) is 2.17. The Kier molecular flexibility index (Phi) is 4.75. The summed E-state index contributed by atoms with van der Waals surface area (Å²) in [6, 6.07) is 27.0. The second-order valence-corrected chi connectivity index (χ2v) is 9.87. The molecule has 0 saturated heterocycles. The molecule has 0 atom stereocenters. The highest BCUT2D eigenvalue weighted by Crippen LogP contribution is 2.42. The van der Waals surface area contributed by atoms with E-state index in [1.54, 1.807) is 24.3 Å². The fraction of sp³-hybridized carbons (Fsp3) is 0. The second kappa shape index (κ2) is 6.95. The Morgan fingerprint density at radius 2 is 1.00 bits per heavy atom. The third kappa shape index (κ3) is 3.79. The van der Waals surface area contributed by atoms with Crippen molar-refractivity contribution in [2.45, 2.75) is 0 Å². The van der Waals surface area contributed by atoms with Gasteiger partial charge in [0.2, 0.25) is 0 Å². The molecule has 5 heteroatoms. The van der Waals surface area contributed by atoms with Gasteiger partial charge in [0, 0.05) is 0 Å². The van der Waals surface area contributed by atoms with Crippen LogP contribution in [0.4, 0.5) is 0 Å². The van der Waals surface area contributed by atoms with Gasteiger partial charge in [0.15, 0.2) is 0 Å². The molecular weight excluding hydrogens is 327 g/mol. The van der Waals surface area contributed by atoms with Crippen LogP contribution in [0.2, 0.25) is 0 Å². The molecule has 23 heavy (non-hydrogen) atoms. The van der Waals surface area contributed by atoms with Gasteiger partial charge in [-0.3, -0.25) is 0 Å². The van der Waals surface area contributed by atoms with E-state index in [9.17, 15) is 8.42 Å². The summed E-state index contributed by atoms with van der Waals surface area (Å²) in [4.78, 5) is 0. The standard InChI is InChI=1S/C18H15O3PS/c19-23(20,21-16-10-4-1-5-11-16)22(17-12-6-2-7-13-17)18-14-8-3-9-15-18/h1-15H. The minimum atomic E-state index is -3.82. The maximum Gasteiger partial charge on any atom is 0.333 e. The van der Waals surface area contributed by atoms with E-state index in [0.717, 1.165) is 10.6 Å². The Morgan fingerprint density at radius 1 is 0.609 bits per heavy atom. The van der Waals surface area contributed by atoms with Crippen molar-refractivity contribution in [1.29, 1.82) is 0 Å². The van der Waals surface area contributed by atoms with Crippen molar-refractivity contribution in [3.8, 4) is 5.75 Å². The highest BCUT2D eigenvalue weighted by Gasteiger charge is 2.31. The summed E-state index contributed by atoms with van der Waals surface area (Å²) in [5, 5.41) is 1.48. The lowest BCUT2D eigenvalue weighted by atomic mass is 10.3. The van der Waals surface area contributed by atoms with Crippen LogP contribution in [0, 0.1) is 0 Å². The molecule has 0 aliphatic carbocycles. The zero-order chi connectivity index (χ0) is 16.1. The summed E-state index contributed by atoms with van der Waals surface area (Å²) in [5.41, 5.74) is 0. The molecule has 0 unspecified atom stereocenters. The molecule has 0 aromatic heterocycles. The first-order chi connectivity index (χ1) is 11.2. The van der Waals surface area contributed by atoms with Gasteiger partial charge in [-0.1, -0.05) is 78.9 Å². The number of hydrogen-bond acceptors (Lipinski definition) is 3. The van der Waals surface area contributed by atoms with E-state index in [1.807, 2.05) is 66.7 Å². The third-order valence-electron chi connectivity index (χ3n) is 3.15. The maximum atomic E-state index is 12.9. The molecule has 0 radical (unpaired) electrons. The molecule has 0 bridgehead atoms. The molecule has 3 aromatic rings. The fourth-order valence-corrected chi connectivity index (χ4v) is 7.06. The molecule has 0 saturated carbocycles. The van der Waals surface area contributed by atoms with Gasteiger partial charge in [0.1, 0.15) is 12.9 Å². The van der Waals surface area contributed by atoms with Crippen LogP contribution >= 0.6 is 7.12 Å². The molecule has 0 spiro atoms. The van der Waals surface area contributed by atoms with Crippen LogP contribution in [0.3, 0.4) is 0 Å². The highest BCUT2D eigenvalue weighted by atomic mass is 32.8. The molecule has 3 rings (SSSR count). The number of rotatable bonds is 5. The quantitative estimate of drug-likeness (QED) is 0.667. The van der Waals surface area contributed by atoms with Gasteiger partial charge in [-0.25, -0.2) is 0 Å². The van der Waals surface area contributed by atoms with Crippen molar-refractivity contribution in [1.82, 2.24) is 0 Å². The first-order valence-electron chi connectivity index (χ1n) is 7.07. The van der Waals surface area contributed by atoms with Crippen LogP contribution in [0.1, 0.15) is 0 Å². The van der Waals surface area contributed by atoms with Gasteiger partial charge in [0.25, 0.3) is 0 Å². The molecule has 0 fully saturated rings. The zero-order valence-electron chi connectivity index (χ0n) is 12.2. The van der Waals surface area contributed by atoms with E-state index in [0.29, 0.717) is 5.75 Å². The average molecular weight is 342 g/mol. The van der Waals surface area contributed by atoms with E-state index >= 15 is 0 Å². The maximum absolute atomic E-state index is 12.9.